The van der Waals surface area contributed by atoms with Crippen LogP contribution in [-0.4, -0.2) is 0 Å². The minimum absolute atomic E-state index is 0.145. The van der Waals surface area contributed by atoms with Gasteiger partial charge in [0.2, 0.25) is 0 Å². The molecule has 0 fully saturated rings. The van der Waals surface area contributed by atoms with Gasteiger partial charge in [-0.1, -0.05) is 190 Å². The molecule has 10 aromatic rings. The molecule has 274 valence electrons. The molecule has 58 heavy (non-hydrogen) atoms. The predicted molar refractivity (Wildman–Crippen MR) is 248 cm³/mol. The van der Waals surface area contributed by atoms with Crippen LogP contribution in [0.1, 0.15) is 25.0 Å². The average molecular weight is 740 g/mol. The van der Waals surface area contributed by atoms with E-state index < -0.39 is 0 Å². The maximum Gasteiger partial charge on any atom is 0.0624 e. The van der Waals surface area contributed by atoms with E-state index in [1.807, 2.05) is 0 Å². The summed E-state index contributed by atoms with van der Waals surface area (Å²) in [6, 6.07) is 78.3. The summed E-state index contributed by atoms with van der Waals surface area (Å²) in [7, 11) is 0. The molecular formula is C57H41N. The van der Waals surface area contributed by atoms with Crippen molar-refractivity contribution in [3.8, 4) is 44.5 Å². The highest BCUT2D eigenvalue weighted by Crippen LogP contribution is 2.53. The fourth-order valence-electron chi connectivity index (χ4n) is 9.54. The molecule has 0 saturated heterocycles. The Morgan fingerprint density at radius 3 is 1.66 bits per heavy atom. The Hall–Kier alpha value is -7.22. The fourth-order valence-corrected chi connectivity index (χ4v) is 9.54. The van der Waals surface area contributed by atoms with Gasteiger partial charge in [-0.15, -0.1) is 0 Å². The second kappa shape index (κ2) is 13.5. The van der Waals surface area contributed by atoms with Crippen molar-refractivity contribution in [2.45, 2.75) is 19.3 Å². The van der Waals surface area contributed by atoms with E-state index in [-0.39, 0.29) is 5.41 Å². The average Bonchev–Trinajstić information content (AvgIpc) is 3.52. The van der Waals surface area contributed by atoms with Crippen LogP contribution in [0.4, 0.5) is 17.1 Å². The Morgan fingerprint density at radius 1 is 0.328 bits per heavy atom. The Bertz CT molecular complexity index is 3190. The molecule has 0 aromatic heterocycles. The van der Waals surface area contributed by atoms with Gasteiger partial charge in [-0.2, -0.15) is 0 Å². The van der Waals surface area contributed by atoms with E-state index in [1.165, 1.54) is 93.6 Å². The standard InChI is InChI=1S/C57H41N/c1-57(2)53-26-13-12-23-49(53)50-34-33-46(37-54(50)57)58(45-31-29-40(30-32-45)43-20-14-19-42(35-43)38-15-4-3-5-16-38)56-52-25-11-9-22-48(52)47-21-8-10-24-51(47)55(56)44-28-27-39-17-6-7-18-41(39)36-44/h3-37H,1-2H3. The molecule has 0 heterocycles. The smallest absolute Gasteiger partial charge is 0.0624 e. The predicted octanol–water partition coefficient (Wildman–Crippen LogP) is 15.9. The van der Waals surface area contributed by atoms with Crippen molar-refractivity contribution in [3.63, 3.8) is 0 Å². The summed E-state index contributed by atoms with van der Waals surface area (Å²) in [5.74, 6) is 0. The van der Waals surface area contributed by atoms with Crippen molar-refractivity contribution in [1.29, 1.82) is 0 Å². The first-order valence-electron chi connectivity index (χ1n) is 20.3. The quantitative estimate of drug-likeness (QED) is 0.154. The first kappa shape index (κ1) is 34.1. The van der Waals surface area contributed by atoms with Crippen LogP contribution in [0, 0.1) is 0 Å². The van der Waals surface area contributed by atoms with Crippen molar-refractivity contribution in [3.05, 3.63) is 223 Å². The molecule has 0 saturated carbocycles. The highest BCUT2D eigenvalue weighted by molar-refractivity contribution is 6.22. The molecule has 0 atom stereocenters. The van der Waals surface area contributed by atoms with Gasteiger partial charge in [0.1, 0.15) is 0 Å². The highest BCUT2D eigenvalue weighted by Gasteiger charge is 2.36. The first-order chi connectivity index (χ1) is 28.5. The Morgan fingerprint density at radius 2 is 0.879 bits per heavy atom. The van der Waals surface area contributed by atoms with Gasteiger partial charge >= 0.3 is 0 Å². The van der Waals surface area contributed by atoms with Gasteiger partial charge in [0.25, 0.3) is 0 Å². The van der Waals surface area contributed by atoms with Crippen molar-refractivity contribution in [2.24, 2.45) is 0 Å². The maximum absolute atomic E-state index is 2.53. The molecule has 0 spiro atoms. The lowest BCUT2D eigenvalue weighted by Crippen LogP contribution is -2.17. The van der Waals surface area contributed by atoms with Crippen LogP contribution in [0.3, 0.4) is 0 Å². The molecule has 0 bridgehead atoms. The Kier molecular flexibility index (Phi) is 7.91. The summed E-state index contributed by atoms with van der Waals surface area (Å²) in [5, 5.41) is 7.41. The lowest BCUT2D eigenvalue weighted by molar-refractivity contribution is 0.660. The van der Waals surface area contributed by atoms with Crippen molar-refractivity contribution < 1.29 is 0 Å². The fraction of sp³-hybridized carbons (Fsp3) is 0.0526. The normalized spacial score (nSPS) is 12.8. The van der Waals surface area contributed by atoms with Gasteiger partial charge < -0.3 is 4.90 Å². The van der Waals surface area contributed by atoms with Crippen molar-refractivity contribution in [1.82, 2.24) is 0 Å². The van der Waals surface area contributed by atoms with Gasteiger partial charge in [0.05, 0.1) is 5.69 Å². The zero-order valence-electron chi connectivity index (χ0n) is 32.7. The van der Waals surface area contributed by atoms with Gasteiger partial charge in [0.15, 0.2) is 0 Å². The lowest BCUT2D eigenvalue weighted by atomic mass is 9.82. The SMILES string of the molecule is CC1(C)c2ccccc2-c2ccc(N(c3ccc(-c4cccc(-c5ccccc5)c4)cc3)c3c(-c4ccc5ccccc5c4)c4ccccc4c4ccccc34)cc21. The molecule has 0 N–H and O–H groups in total. The third kappa shape index (κ3) is 5.46. The molecule has 0 unspecified atom stereocenters. The topological polar surface area (TPSA) is 3.24 Å². The monoisotopic (exact) mass is 739 g/mol. The lowest BCUT2D eigenvalue weighted by Gasteiger charge is -2.32. The minimum atomic E-state index is -0.145. The molecule has 1 aliphatic carbocycles. The number of anilines is 3. The molecule has 11 rings (SSSR count). The van der Waals surface area contributed by atoms with Gasteiger partial charge in [0, 0.05) is 27.7 Å². The second-order valence-electron chi connectivity index (χ2n) is 16.1. The number of nitrogens with zero attached hydrogens (tertiary/aromatic N) is 1. The summed E-state index contributed by atoms with van der Waals surface area (Å²) in [6.45, 7) is 4.74. The summed E-state index contributed by atoms with van der Waals surface area (Å²) < 4.78 is 0. The van der Waals surface area contributed by atoms with Crippen molar-refractivity contribution >= 4 is 49.4 Å². The van der Waals surface area contributed by atoms with Gasteiger partial charge in [-0.05, 0) is 113 Å². The maximum atomic E-state index is 2.53. The highest BCUT2D eigenvalue weighted by atomic mass is 15.1. The number of hydrogen-bond acceptors (Lipinski definition) is 1. The third-order valence-corrected chi connectivity index (χ3v) is 12.4. The van der Waals surface area contributed by atoms with Crippen LogP contribution < -0.4 is 4.90 Å². The van der Waals surface area contributed by atoms with E-state index in [0.29, 0.717) is 0 Å². The zero-order valence-corrected chi connectivity index (χ0v) is 32.7. The van der Waals surface area contributed by atoms with Crippen LogP contribution in [0.5, 0.6) is 0 Å². The number of benzene rings is 10. The van der Waals surface area contributed by atoms with E-state index in [1.54, 1.807) is 0 Å². The number of fused-ring (bicyclic) bond motifs is 7. The van der Waals surface area contributed by atoms with Gasteiger partial charge in [-0.3, -0.25) is 0 Å². The van der Waals surface area contributed by atoms with Crippen LogP contribution in [0.15, 0.2) is 212 Å². The van der Waals surface area contributed by atoms with E-state index in [9.17, 15) is 0 Å². The molecule has 1 aliphatic rings. The van der Waals surface area contributed by atoms with Crippen molar-refractivity contribution in [2.75, 3.05) is 4.90 Å². The third-order valence-electron chi connectivity index (χ3n) is 12.4. The molecule has 0 amide bonds. The van der Waals surface area contributed by atoms with E-state index in [0.717, 1.165) is 11.4 Å². The Labute approximate surface area is 340 Å². The number of rotatable bonds is 6. The van der Waals surface area contributed by atoms with E-state index in [4.69, 9.17) is 0 Å². The molecular weight excluding hydrogens is 699 g/mol. The summed E-state index contributed by atoms with van der Waals surface area (Å²) in [5.41, 5.74) is 15.9. The van der Waals surface area contributed by atoms with E-state index in [2.05, 4.69) is 231 Å². The molecule has 0 radical (unpaired) electrons. The molecule has 10 aromatic carbocycles. The van der Waals surface area contributed by atoms with Crippen LogP contribution >= 0.6 is 0 Å². The molecule has 1 heteroatoms. The largest absolute Gasteiger partial charge is 0.309 e. The Balaban J connectivity index is 1.18. The minimum Gasteiger partial charge on any atom is -0.309 e. The van der Waals surface area contributed by atoms with Gasteiger partial charge in [-0.25, -0.2) is 0 Å². The molecule has 0 aliphatic heterocycles. The van der Waals surface area contributed by atoms with Crippen LogP contribution in [0.2, 0.25) is 0 Å². The summed E-state index contributed by atoms with van der Waals surface area (Å²) in [6.07, 6.45) is 0. The molecule has 1 nitrogen and oxygen atoms in total. The van der Waals surface area contributed by atoms with Crippen LogP contribution in [0.25, 0.3) is 76.8 Å². The summed E-state index contributed by atoms with van der Waals surface area (Å²) >= 11 is 0. The zero-order chi connectivity index (χ0) is 38.8. The first-order valence-corrected chi connectivity index (χ1v) is 20.3. The van der Waals surface area contributed by atoms with Crippen LogP contribution in [-0.2, 0) is 5.41 Å². The summed E-state index contributed by atoms with van der Waals surface area (Å²) in [4.78, 5) is 2.53. The second-order valence-corrected chi connectivity index (χ2v) is 16.1. The number of hydrogen-bond donors (Lipinski definition) is 0. The van der Waals surface area contributed by atoms with E-state index >= 15 is 0 Å².